The van der Waals surface area contributed by atoms with Gasteiger partial charge in [-0.05, 0) is 36.2 Å². The van der Waals surface area contributed by atoms with Gasteiger partial charge in [0.25, 0.3) is 0 Å². The maximum absolute atomic E-state index is 11.9. The molecule has 3 aromatic rings. The fourth-order valence-corrected chi connectivity index (χ4v) is 3.14. The number of aliphatic hydroxyl groups is 1. The number of carbonyl (C=O) groups excluding carboxylic acids is 1. The van der Waals surface area contributed by atoms with Crippen LogP contribution in [0.5, 0.6) is 0 Å². The lowest BCUT2D eigenvalue weighted by molar-refractivity contribution is -0.0648. The van der Waals surface area contributed by atoms with Crippen LogP contribution < -0.4 is 10.6 Å². The third-order valence-electron chi connectivity index (χ3n) is 4.76. The van der Waals surface area contributed by atoms with Crippen molar-refractivity contribution in [1.29, 1.82) is 0 Å². The van der Waals surface area contributed by atoms with E-state index in [-0.39, 0.29) is 12.6 Å². The zero-order chi connectivity index (χ0) is 21.0. The van der Waals surface area contributed by atoms with Crippen molar-refractivity contribution in [3.63, 3.8) is 0 Å². The Bertz CT molecular complexity index is 1010. The second-order valence-electron chi connectivity index (χ2n) is 6.86. The van der Waals surface area contributed by atoms with Crippen LogP contribution in [0.2, 0.25) is 5.02 Å². The first kappa shape index (κ1) is 20.9. The molecule has 0 fully saturated rings. The molecule has 0 spiro atoms. The van der Waals surface area contributed by atoms with Crippen LogP contribution in [-0.2, 0) is 16.9 Å². The number of nitrogens with one attached hydrogen (secondary N) is 3. The summed E-state index contributed by atoms with van der Waals surface area (Å²) in [5, 5.41) is 17.8. The normalized spacial score (nSPS) is 13.1. The summed E-state index contributed by atoms with van der Waals surface area (Å²) >= 11 is 6.11. The van der Waals surface area contributed by atoms with Crippen LogP contribution in [0, 0.1) is 0 Å². The van der Waals surface area contributed by atoms with Crippen LogP contribution in [-0.4, -0.2) is 46.9 Å². The number of H-pyrrole nitrogens is 1. The van der Waals surface area contributed by atoms with Crippen molar-refractivity contribution in [3.8, 4) is 0 Å². The van der Waals surface area contributed by atoms with Gasteiger partial charge in [0.15, 0.2) is 0 Å². The standard InChI is InChI=1S/C20H24ClN5O3/c1-20(12-27,14-7-5-8-15(21)10-14)25-18-23-16-9-4-6-13(17(16)24-18)11-22-19(28)26(2)29-3/h4-10,27H,11-12H2,1-3H3,(H,22,28)(H2,23,24,25). The molecule has 4 N–H and O–H groups in total. The second-order valence-corrected chi connectivity index (χ2v) is 7.30. The predicted molar refractivity (Wildman–Crippen MR) is 113 cm³/mol. The number of halogens is 1. The molecule has 9 heteroatoms. The van der Waals surface area contributed by atoms with E-state index in [2.05, 4.69) is 20.6 Å². The summed E-state index contributed by atoms with van der Waals surface area (Å²) < 4.78 is 0. The molecule has 0 radical (unpaired) electrons. The summed E-state index contributed by atoms with van der Waals surface area (Å²) in [5.74, 6) is 0.504. The highest BCUT2D eigenvalue weighted by atomic mass is 35.5. The van der Waals surface area contributed by atoms with E-state index < -0.39 is 5.54 Å². The minimum absolute atomic E-state index is 0.156. The van der Waals surface area contributed by atoms with Gasteiger partial charge in [-0.2, -0.15) is 0 Å². The lowest BCUT2D eigenvalue weighted by Crippen LogP contribution is -2.36. The summed E-state index contributed by atoms with van der Waals surface area (Å²) in [6, 6.07) is 12.6. The zero-order valence-electron chi connectivity index (χ0n) is 16.5. The van der Waals surface area contributed by atoms with Crippen LogP contribution in [0.3, 0.4) is 0 Å². The number of aromatic amines is 1. The fraction of sp³-hybridized carbons (Fsp3) is 0.300. The number of para-hydroxylation sites is 1. The summed E-state index contributed by atoms with van der Waals surface area (Å²) in [5.41, 5.74) is 2.43. The molecule has 2 amide bonds. The van der Waals surface area contributed by atoms with E-state index in [9.17, 15) is 9.90 Å². The Kier molecular flexibility index (Phi) is 6.26. The minimum atomic E-state index is -0.783. The van der Waals surface area contributed by atoms with Crippen molar-refractivity contribution < 1.29 is 14.7 Å². The molecule has 1 unspecified atom stereocenters. The lowest BCUT2D eigenvalue weighted by Gasteiger charge is -2.29. The van der Waals surface area contributed by atoms with Gasteiger partial charge in [0.2, 0.25) is 5.95 Å². The molecule has 29 heavy (non-hydrogen) atoms. The molecule has 2 aromatic carbocycles. The van der Waals surface area contributed by atoms with Crippen LogP contribution in [0.4, 0.5) is 10.7 Å². The number of nitrogens with zero attached hydrogens (tertiary/aromatic N) is 2. The number of anilines is 1. The largest absolute Gasteiger partial charge is 0.394 e. The van der Waals surface area contributed by atoms with Crippen LogP contribution in [0.1, 0.15) is 18.1 Å². The van der Waals surface area contributed by atoms with Gasteiger partial charge in [-0.3, -0.25) is 4.84 Å². The van der Waals surface area contributed by atoms with Crippen molar-refractivity contribution >= 4 is 34.6 Å². The molecule has 0 aliphatic rings. The topological polar surface area (TPSA) is 103 Å². The Morgan fingerprint density at radius 1 is 1.34 bits per heavy atom. The average Bonchev–Trinajstić information content (AvgIpc) is 3.13. The number of aromatic nitrogens is 2. The van der Waals surface area contributed by atoms with E-state index >= 15 is 0 Å². The molecule has 0 aliphatic carbocycles. The van der Waals surface area contributed by atoms with Gasteiger partial charge in [-0.25, -0.2) is 14.8 Å². The third-order valence-corrected chi connectivity index (χ3v) is 4.99. The van der Waals surface area contributed by atoms with Crippen molar-refractivity contribution in [2.24, 2.45) is 0 Å². The lowest BCUT2D eigenvalue weighted by atomic mass is 9.93. The smallest absolute Gasteiger partial charge is 0.341 e. The first-order valence-corrected chi connectivity index (χ1v) is 9.42. The first-order valence-electron chi connectivity index (χ1n) is 9.04. The van der Waals surface area contributed by atoms with Crippen molar-refractivity contribution in [1.82, 2.24) is 20.3 Å². The minimum Gasteiger partial charge on any atom is -0.394 e. The number of hydroxylamine groups is 2. The quantitative estimate of drug-likeness (QED) is 0.442. The highest BCUT2D eigenvalue weighted by Crippen LogP contribution is 2.28. The maximum Gasteiger partial charge on any atom is 0.341 e. The van der Waals surface area contributed by atoms with Gasteiger partial charge in [-0.15, -0.1) is 0 Å². The maximum atomic E-state index is 11.9. The molecular weight excluding hydrogens is 394 g/mol. The number of benzene rings is 2. The summed E-state index contributed by atoms with van der Waals surface area (Å²) in [4.78, 5) is 24.6. The predicted octanol–water partition coefficient (Wildman–Crippen LogP) is 3.24. The van der Waals surface area contributed by atoms with Gasteiger partial charge in [-0.1, -0.05) is 35.9 Å². The molecule has 1 aromatic heterocycles. The highest BCUT2D eigenvalue weighted by Gasteiger charge is 2.27. The molecule has 0 bridgehead atoms. The SMILES string of the molecule is CON(C)C(=O)NCc1cccc2[nH]c(NC(C)(CO)c3cccc(Cl)c3)nc12. The number of hydrogen-bond donors (Lipinski definition) is 4. The van der Waals surface area contributed by atoms with Gasteiger partial charge >= 0.3 is 6.03 Å². The Morgan fingerprint density at radius 3 is 2.79 bits per heavy atom. The van der Waals surface area contributed by atoms with Crippen LogP contribution in [0.25, 0.3) is 11.0 Å². The number of aliphatic hydroxyl groups excluding tert-OH is 1. The van der Waals surface area contributed by atoms with Crippen molar-refractivity contribution in [2.45, 2.75) is 19.0 Å². The molecule has 0 saturated carbocycles. The molecule has 1 heterocycles. The third kappa shape index (κ3) is 4.61. The molecule has 154 valence electrons. The molecule has 0 saturated heterocycles. The average molecular weight is 418 g/mol. The Hall–Kier alpha value is -2.81. The number of fused-ring (bicyclic) bond motifs is 1. The number of hydrogen-bond acceptors (Lipinski definition) is 5. The summed E-state index contributed by atoms with van der Waals surface area (Å²) in [6.45, 7) is 2.00. The van der Waals surface area contributed by atoms with Gasteiger partial charge < -0.3 is 20.7 Å². The number of urea groups is 1. The number of rotatable bonds is 7. The van der Waals surface area contributed by atoms with E-state index in [1.807, 2.05) is 37.3 Å². The Morgan fingerprint density at radius 2 is 2.10 bits per heavy atom. The van der Waals surface area contributed by atoms with E-state index in [4.69, 9.17) is 16.4 Å². The number of carbonyl (C=O) groups is 1. The highest BCUT2D eigenvalue weighted by molar-refractivity contribution is 6.30. The molecular formula is C20H24ClN5O3. The van der Waals surface area contributed by atoms with E-state index in [1.165, 1.54) is 14.2 Å². The Balaban J connectivity index is 1.85. The van der Waals surface area contributed by atoms with Crippen molar-refractivity contribution in [3.05, 3.63) is 58.6 Å². The summed E-state index contributed by atoms with van der Waals surface area (Å²) in [6.07, 6.45) is 0. The summed E-state index contributed by atoms with van der Waals surface area (Å²) in [7, 11) is 2.95. The fourth-order valence-electron chi connectivity index (χ4n) is 2.95. The molecule has 0 aliphatic heterocycles. The Labute approximate surface area is 173 Å². The van der Waals surface area contributed by atoms with E-state index in [0.29, 0.717) is 17.5 Å². The van der Waals surface area contributed by atoms with Gasteiger partial charge in [0.1, 0.15) is 0 Å². The van der Waals surface area contributed by atoms with Crippen LogP contribution >= 0.6 is 11.6 Å². The van der Waals surface area contributed by atoms with Gasteiger partial charge in [0.05, 0.1) is 30.3 Å². The van der Waals surface area contributed by atoms with E-state index in [1.54, 1.807) is 12.1 Å². The molecule has 8 nitrogen and oxygen atoms in total. The number of amides is 2. The van der Waals surface area contributed by atoms with Crippen molar-refractivity contribution in [2.75, 3.05) is 26.1 Å². The zero-order valence-corrected chi connectivity index (χ0v) is 17.2. The monoisotopic (exact) mass is 417 g/mol. The van der Waals surface area contributed by atoms with E-state index in [0.717, 1.165) is 27.2 Å². The molecule has 3 rings (SSSR count). The number of imidazole rings is 1. The second kappa shape index (κ2) is 8.69. The van der Waals surface area contributed by atoms with Crippen LogP contribution in [0.15, 0.2) is 42.5 Å². The van der Waals surface area contributed by atoms with Gasteiger partial charge in [0, 0.05) is 18.6 Å². The molecule has 1 atom stereocenters. The first-order chi connectivity index (χ1) is 13.9.